The van der Waals surface area contributed by atoms with Gasteiger partial charge >= 0.3 is 0 Å². The number of thiol groups is 1. The van der Waals surface area contributed by atoms with Crippen molar-refractivity contribution in [1.29, 1.82) is 0 Å². The fourth-order valence-electron chi connectivity index (χ4n) is 0.593. The topological polar surface area (TPSA) is 52.4 Å². The van der Waals surface area contributed by atoms with Gasteiger partial charge in [0.1, 0.15) is 5.75 Å². The molecule has 58 valence electrons. The van der Waals surface area contributed by atoms with E-state index >= 15 is 0 Å². The van der Waals surface area contributed by atoms with Crippen LogP contribution in [0.2, 0.25) is 0 Å². The van der Waals surface area contributed by atoms with Crippen LogP contribution in [0.1, 0.15) is 0 Å². The summed E-state index contributed by atoms with van der Waals surface area (Å²) in [5.41, 5.74) is 0. The highest BCUT2D eigenvalue weighted by Gasteiger charge is 1.96. The molecule has 0 aliphatic carbocycles. The van der Waals surface area contributed by atoms with Gasteiger partial charge in [0.2, 0.25) is 0 Å². The van der Waals surface area contributed by atoms with Gasteiger partial charge in [-0.1, -0.05) is 0 Å². The van der Waals surface area contributed by atoms with Crippen molar-refractivity contribution < 1.29 is 9.92 Å². The van der Waals surface area contributed by atoms with Crippen molar-refractivity contribution in [3.63, 3.8) is 0 Å². The van der Waals surface area contributed by atoms with Crippen LogP contribution in [0.5, 0.6) is 5.75 Å². The Bertz CT molecular complexity index is 259. The number of nitrogens with zero attached hydrogens (tertiary/aromatic N) is 1. The summed E-state index contributed by atoms with van der Waals surface area (Å²) in [7, 11) is 0. The van der Waals surface area contributed by atoms with Crippen LogP contribution in [-0.4, -0.2) is 5.09 Å². The summed E-state index contributed by atoms with van der Waals surface area (Å²) in [6, 6.07) is 6.18. The van der Waals surface area contributed by atoms with Crippen LogP contribution in [0.25, 0.3) is 0 Å². The Hall–Kier alpha value is -1.23. The summed E-state index contributed by atoms with van der Waals surface area (Å²) in [4.78, 5) is 14.7. The van der Waals surface area contributed by atoms with Crippen LogP contribution in [0.15, 0.2) is 29.2 Å². The van der Waals surface area contributed by atoms with Gasteiger partial charge in [0, 0.05) is 4.90 Å². The Labute approximate surface area is 68.3 Å². The van der Waals surface area contributed by atoms with Crippen molar-refractivity contribution in [3.05, 3.63) is 34.4 Å². The molecule has 0 fully saturated rings. The van der Waals surface area contributed by atoms with Crippen molar-refractivity contribution in [1.82, 2.24) is 0 Å². The maximum absolute atomic E-state index is 9.82. The predicted octanol–water partition coefficient (Wildman–Crippen LogP) is 1.55. The van der Waals surface area contributed by atoms with E-state index in [2.05, 4.69) is 17.5 Å². The highest BCUT2D eigenvalue weighted by molar-refractivity contribution is 7.80. The van der Waals surface area contributed by atoms with Crippen molar-refractivity contribution in [2.75, 3.05) is 0 Å². The van der Waals surface area contributed by atoms with Gasteiger partial charge in [-0.15, -0.1) is 22.7 Å². The highest BCUT2D eigenvalue weighted by Crippen LogP contribution is 2.13. The quantitative estimate of drug-likeness (QED) is 0.417. The van der Waals surface area contributed by atoms with Gasteiger partial charge in [0.15, 0.2) is 0 Å². The fourth-order valence-corrected chi connectivity index (χ4v) is 0.742. The molecule has 0 aliphatic heterocycles. The molecule has 11 heavy (non-hydrogen) atoms. The smallest absolute Gasteiger partial charge is 0.276 e. The molecule has 0 bridgehead atoms. The van der Waals surface area contributed by atoms with Crippen LogP contribution in [0.3, 0.4) is 0 Å². The van der Waals surface area contributed by atoms with Crippen LogP contribution < -0.4 is 4.84 Å². The minimum Gasteiger partial charge on any atom is -0.276 e. The van der Waals surface area contributed by atoms with E-state index in [4.69, 9.17) is 0 Å². The molecule has 0 saturated carbocycles. The molecule has 5 heteroatoms. The SMILES string of the molecule is O=[N+]([O-])Oc1ccc(S)cc1. The summed E-state index contributed by atoms with van der Waals surface area (Å²) in [5.74, 6) is 0.202. The lowest BCUT2D eigenvalue weighted by molar-refractivity contribution is -0.711. The Morgan fingerprint density at radius 1 is 1.36 bits per heavy atom. The van der Waals surface area contributed by atoms with Gasteiger partial charge in [-0.2, -0.15) is 0 Å². The molecule has 1 aromatic carbocycles. The van der Waals surface area contributed by atoms with E-state index in [1.54, 1.807) is 12.1 Å². The third-order valence-electron chi connectivity index (χ3n) is 1.02. The van der Waals surface area contributed by atoms with Crippen LogP contribution >= 0.6 is 12.6 Å². The minimum absolute atomic E-state index is 0.202. The standard InChI is InChI=1S/C6H5NO3S/c8-7(9)10-5-1-3-6(11)4-2-5/h1-4,11H. The van der Waals surface area contributed by atoms with E-state index in [-0.39, 0.29) is 5.75 Å². The van der Waals surface area contributed by atoms with E-state index in [1.807, 2.05) is 0 Å². The summed E-state index contributed by atoms with van der Waals surface area (Å²) >= 11 is 4.00. The van der Waals surface area contributed by atoms with Crippen LogP contribution in [-0.2, 0) is 0 Å². The second-order valence-electron chi connectivity index (χ2n) is 1.81. The molecule has 0 amide bonds. The average Bonchev–Trinajstić information content (AvgIpc) is 1.93. The van der Waals surface area contributed by atoms with E-state index in [0.29, 0.717) is 0 Å². The summed E-state index contributed by atoms with van der Waals surface area (Å²) < 4.78 is 0. The van der Waals surface area contributed by atoms with Crippen molar-refractivity contribution in [3.8, 4) is 5.75 Å². The number of benzene rings is 1. The first-order valence-electron chi connectivity index (χ1n) is 2.80. The Morgan fingerprint density at radius 2 is 1.91 bits per heavy atom. The molecule has 0 atom stereocenters. The Kier molecular flexibility index (Phi) is 2.32. The van der Waals surface area contributed by atoms with Gasteiger partial charge < -0.3 is 0 Å². The molecule has 0 saturated heterocycles. The highest BCUT2D eigenvalue weighted by atomic mass is 32.1. The van der Waals surface area contributed by atoms with Crippen LogP contribution in [0, 0.1) is 10.1 Å². The van der Waals surface area contributed by atoms with Crippen LogP contribution in [0.4, 0.5) is 0 Å². The van der Waals surface area contributed by atoms with E-state index in [1.165, 1.54) is 12.1 Å². The molecule has 0 heterocycles. The first-order valence-corrected chi connectivity index (χ1v) is 3.24. The van der Waals surface area contributed by atoms with Gasteiger partial charge in [0.05, 0.1) is 0 Å². The first kappa shape index (κ1) is 7.87. The fraction of sp³-hybridized carbons (Fsp3) is 0. The molecule has 4 nitrogen and oxygen atoms in total. The lowest BCUT2D eigenvalue weighted by Gasteiger charge is -1.96. The molecule has 0 N–H and O–H groups in total. The molecule has 0 unspecified atom stereocenters. The zero-order chi connectivity index (χ0) is 8.27. The summed E-state index contributed by atoms with van der Waals surface area (Å²) in [5, 5.41) is 8.96. The number of hydrogen-bond acceptors (Lipinski definition) is 4. The third-order valence-corrected chi connectivity index (χ3v) is 1.31. The largest absolute Gasteiger partial charge is 0.299 e. The second kappa shape index (κ2) is 3.25. The molecule has 0 radical (unpaired) electrons. The first-order chi connectivity index (χ1) is 5.18. The van der Waals surface area contributed by atoms with E-state index in [0.717, 1.165) is 4.90 Å². The normalized spacial score (nSPS) is 9.18. The number of hydrogen-bond donors (Lipinski definition) is 1. The van der Waals surface area contributed by atoms with Crippen molar-refractivity contribution in [2.45, 2.75) is 4.90 Å². The zero-order valence-corrected chi connectivity index (χ0v) is 6.32. The van der Waals surface area contributed by atoms with Gasteiger partial charge in [-0.05, 0) is 24.3 Å². The minimum atomic E-state index is -0.854. The molecule has 0 aliphatic rings. The monoisotopic (exact) mass is 171 g/mol. The summed E-state index contributed by atoms with van der Waals surface area (Å²) in [6.07, 6.45) is 0. The second-order valence-corrected chi connectivity index (χ2v) is 2.33. The molecule has 1 aromatic rings. The average molecular weight is 171 g/mol. The Morgan fingerprint density at radius 3 is 2.36 bits per heavy atom. The lowest BCUT2D eigenvalue weighted by Crippen LogP contribution is -2.02. The zero-order valence-electron chi connectivity index (χ0n) is 5.43. The predicted molar refractivity (Wildman–Crippen MR) is 41.3 cm³/mol. The van der Waals surface area contributed by atoms with Crippen molar-refractivity contribution >= 4 is 12.6 Å². The molecule has 0 aromatic heterocycles. The van der Waals surface area contributed by atoms with Gasteiger partial charge in [0.25, 0.3) is 5.09 Å². The van der Waals surface area contributed by atoms with Gasteiger partial charge in [-0.3, -0.25) is 4.84 Å². The summed E-state index contributed by atoms with van der Waals surface area (Å²) in [6.45, 7) is 0. The lowest BCUT2D eigenvalue weighted by atomic mass is 10.3. The van der Waals surface area contributed by atoms with E-state index in [9.17, 15) is 10.1 Å². The maximum atomic E-state index is 9.82. The molecule has 1 rings (SSSR count). The van der Waals surface area contributed by atoms with Crippen molar-refractivity contribution in [2.24, 2.45) is 0 Å². The maximum Gasteiger partial charge on any atom is 0.299 e. The van der Waals surface area contributed by atoms with Gasteiger partial charge in [-0.25, -0.2) is 0 Å². The molecular formula is C6H5NO3S. The molecule has 0 spiro atoms. The Balaban J connectivity index is 2.74. The van der Waals surface area contributed by atoms with E-state index < -0.39 is 5.09 Å². The number of rotatable bonds is 2. The molecular weight excluding hydrogens is 166 g/mol. The third kappa shape index (κ3) is 2.46.